The van der Waals surface area contributed by atoms with Gasteiger partial charge in [-0.25, -0.2) is 4.79 Å². The number of carbonyl (C=O) groups is 3. The molecular formula is C50H56BrN3O6. The number of hydrogen-bond donors (Lipinski definition) is 3. The van der Waals surface area contributed by atoms with E-state index in [0.29, 0.717) is 51.0 Å². The lowest BCUT2D eigenvalue weighted by atomic mass is 9.81. The Kier molecular flexibility index (Phi) is 16.3. The quantitative estimate of drug-likeness (QED) is 0.0665. The summed E-state index contributed by atoms with van der Waals surface area (Å²) in [5.74, 6) is 0.347. The lowest BCUT2D eigenvalue weighted by Gasteiger charge is -2.33. The van der Waals surface area contributed by atoms with Crippen molar-refractivity contribution in [3.8, 4) is 16.9 Å². The van der Waals surface area contributed by atoms with Crippen LogP contribution in [0.25, 0.3) is 11.1 Å². The summed E-state index contributed by atoms with van der Waals surface area (Å²) in [4.78, 5) is 38.2. The molecule has 4 N–H and O–H groups in total. The van der Waals surface area contributed by atoms with Crippen molar-refractivity contribution in [2.45, 2.75) is 89.9 Å². The minimum atomic E-state index is -0.471. The molecule has 5 aromatic carbocycles. The molecule has 7 rings (SSSR count). The number of rotatable bonds is 16. The van der Waals surface area contributed by atoms with Gasteiger partial charge in [-0.1, -0.05) is 127 Å². The molecule has 0 saturated heterocycles. The van der Waals surface area contributed by atoms with Gasteiger partial charge in [0.15, 0.2) is 0 Å². The van der Waals surface area contributed by atoms with Crippen LogP contribution in [-0.4, -0.2) is 43.3 Å². The third kappa shape index (κ3) is 12.8. The fraction of sp³-hybridized carbons (Fsp3) is 0.340. The smallest absolute Gasteiger partial charge is 0.407 e. The Morgan fingerprint density at radius 1 is 0.717 bits per heavy atom. The maximum absolute atomic E-state index is 12.9. The second kappa shape index (κ2) is 22.2. The van der Waals surface area contributed by atoms with E-state index in [1.807, 2.05) is 74.5 Å². The average Bonchev–Trinajstić information content (AvgIpc) is 3.58. The lowest BCUT2D eigenvalue weighted by Crippen LogP contribution is -2.45. The number of carbonyl (C=O) groups excluding carboxylic acids is 3. The highest BCUT2D eigenvalue weighted by molar-refractivity contribution is 9.10. The van der Waals surface area contributed by atoms with Crippen molar-refractivity contribution in [2.24, 2.45) is 11.7 Å². The Morgan fingerprint density at radius 3 is 1.98 bits per heavy atom. The average molecular weight is 875 g/mol. The van der Waals surface area contributed by atoms with Gasteiger partial charge in [-0.2, -0.15) is 0 Å². The first-order valence-electron chi connectivity index (χ1n) is 21.1. The molecule has 3 atom stereocenters. The molecule has 9 nitrogen and oxygen atoms in total. The number of nitrogens with two attached hydrogens (primary N) is 1. The van der Waals surface area contributed by atoms with Crippen LogP contribution < -0.4 is 21.1 Å². The molecule has 3 unspecified atom stereocenters. The number of esters is 1. The maximum Gasteiger partial charge on any atom is 0.407 e. The number of fused-ring (bicyclic) bond motifs is 3. The van der Waals surface area contributed by atoms with Gasteiger partial charge in [0.1, 0.15) is 19.0 Å². The lowest BCUT2D eigenvalue weighted by molar-refractivity contribution is -0.146. The van der Waals surface area contributed by atoms with Gasteiger partial charge in [0.2, 0.25) is 5.91 Å². The van der Waals surface area contributed by atoms with E-state index in [9.17, 15) is 14.4 Å². The molecule has 0 radical (unpaired) electrons. The topological polar surface area (TPSA) is 129 Å². The van der Waals surface area contributed by atoms with E-state index in [4.69, 9.17) is 19.9 Å². The second-order valence-electron chi connectivity index (χ2n) is 15.4. The molecule has 0 aliphatic heterocycles. The summed E-state index contributed by atoms with van der Waals surface area (Å²) in [5, 5.41) is 6.00. The van der Waals surface area contributed by atoms with Crippen molar-refractivity contribution < 1.29 is 28.6 Å². The van der Waals surface area contributed by atoms with Crippen molar-refractivity contribution >= 4 is 33.9 Å². The van der Waals surface area contributed by atoms with E-state index < -0.39 is 6.09 Å². The minimum Gasteiger partial charge on any atom is -0.494 e. The summed E-state index contributed by atoms with van der Waals surface area (Å²) in [6.07, 6.45) is 3.52. The first-order chi connectivity index (χ1) is 29.3. The van der Waals surface area contributed by atoms with Crippen LogP contribution in [0.4, 0.5) is 4.79 Å². The van der Waals surface area contributed by atoms with Crippen molar-refractivity contribution in [2.75, 3.05) is 13.2 Å². The zero-order valence-corrected chi connectivity index (χ0v) is 36.1. The zero-order valence-electron chi connectivity index (χ0n) is 34.5. The fourth-order valence-electron chi connectivity index (χ4n) is 8.04. The molecule has 2 aliphatic carbocycles. The molecule has 0 bridgehead atoms. The SMILES string of the molecule is CC.NC1CC(CC(=O)OCc2ccc(OCCCC(=O)NCc3ccc(Cc4ccc(Br)cc4)cc3)cc2)CC(NC(=O)OCC2c3ccccc3-c3ccccc32)C1. The first-order valence-corrected chi connectivity index (χ1v) is 21.9. The van der Waals surface area contributed by atoms with Gasteiger partial charge in [-0.05, 0) is 107 Å². The van der Waals surface area contributed by atoms with Crippen LogP contribution in [0.15, 0.2) is 126 Å². The molecular weight excluding hydrogens is 818 g/mol. The molecule has 0 spiro atoms. The van der Waals surface area contributed by atoms with Gasteiger partial charge in [-0.15, -0.1) is 0 Å². The third-order valence-corrected chi connectivity index (χ3v) is 11.5. The Morgan fingerprint density at radius 2 is 1.32 bits per heavy atom. The van der Waals surface area contributed by atoms with Crippen molar-refractivity contribution in [3.05, 3.63) is 159 Å². The fourth-order valence-corrected chi connectivity index (χ4v) is 8.31. The molecule has 1 saturated carbocycles. The van der Waals surface area contributed by atoms with E-state index in [0.717, 1.165) is 33.1 Å². The molecule has 1 fully saturated rings. The third-order valence-electron chi connectivity index (χ3n) is 10.9. The molecule has 5 aromatic rings. The standard InChI is InChI=1S/C48H50BrN3O6.C2H6/c49-37-19-15-33(16-20-37)24-32-11-13-34(14-12-32)29-51-46(53)10-5-23-56-40-21-17-35(18-22-40)30-57-47(54)27-36-25-38(50)28-39(26-36)52-48(55)58-31-45-43-8-3-1-6-41(43)42-7-2-4-9-44(42)45;1-2/h1-4,6-9,11-22,36,38-39,45H,5,10,23-31,50H2,(H,51,53)(H,52,55);1-2H3. The molecule has 10 heteroatoms. The molecule has 60 heavy (non-hydrogen) atoms. The maximum atomic E-state index is 12.9. The van der Waals surface area contributed by atoms with Crippen LogP contribution in [0.3, 0.4) is 0 Å². The zero-order chi connectivity index (χ0) is 42.3. The summed E-state index contributed by atoms with van der Waals surface area (Å²) in [7, 11) is 0. The van der Waals surface area contributed by atoms with Crippen LogP contribution in [0.1, 0.15) is 91.7 Å². The van der Waals surface area contributed by atoms with Crippen LogP contribution in [0.5, 0.6) is 5.75 Å². The van der Waals surface area contributed by atoms with E-state index in [1.165, 1.54) is 22.3 Å². The second-order valence-corrected chi connectivity index (χ2v) is 16.3. The minimum absolute atomic E-state index is 0.00646. The van der Waals surface area contributed by atoms with Crippen molar-refractivity contribution in [3.63, 3.8) is 0 Å². The number of ether oxygens (including phenoxy) is 3. The van der Waals surface area contributed by atoms with Crippen molar-refractivity contribution in [1.29, 1.82) is 0 Å². The molecule has 0 heterocycles. The molecule has 314 valence electrons. The van der Waals surface area contributed by atoms with Crippen LogP contribution >= 0.6 is 15.9 Å². The summed E-state index contributed by atoms with van der Waals surface area (Å²) in [5.41, 5.74) is 15.4. The largest absolute Gasteiger partial charge is 0.494 e. The van der Waals surface area contributed by atoms with Crippen LogP contribution in [0.2, 0.25) is 0 Å². The summed E-state index contributed by atoms with van der Waals surface area (Å²) in [6, 6.07) is 40.2. The first kappa shape index (κ1) is 44.1. The van der Waals surface area contributed by atoms with Gasteiger partial charge < -0.3 is 30.6 Å². The van der Waals surface area contributed by atoms with E-state index in [2.05, 4.69) is 87.2 Å². The van der Waals surface area contributed by atoms with Gasteiger partial charge in [0, 0.05) is 41.9 Å². The van der Waals surface area contributed by atoms with Crippen LogP contribution in [0, 0.1) is 5.92 Å². The monoisotopic (exact) mass is 873 g/mol. The highest BCUT2D eigenvalue weighted by Crippen LogP contribution is 2.44. The normalized spacial score (nSPS) is 16.6. The summed E-state index contributed by atoms with van der Waals surface area (Å²) in [6.45, 7) is 5.28. The number of benzene rings is 5. The molecule has 0 aromatic heterocycles. The Hall–Kier alpha value is -5.45. The summed E-state index contributed by atoms with van der Waals surface area (Å²) >= 11 is 3.47. The molecule has 2 aliphatic rings. The number of halogens is 1. The van der Waals surface area contributed by atoms with E-state index in [1.54, 1.807) is 0 Å². The number of amides is 2. The Balaban J connectivity index is 0.00000297. The summed E-state index contributed by atoms with van der Waals surface area (Å²) < 4.78 is 18.3. The van der Waals surface area contributed by atoms with Gasteiger partial charge in [-0.3, -0.25) is 9.59 Å². The highest BCUT2D eigenvalue weighted by Gasteiger charge is 2.32. The Bertz CT molecular complexity index is 2110. The van der Waals surface area contributed by atoms with Crippen molar-refractivity contribution in [1.82, 2.24) is 10.6 Å². The van der Waals surface area contributed by atoms with E-state index >= 15 is 0 Å². The number of nitrogens with one attached hydrogen (secondary N) is 2. The Labute approximate surface area is 362 Å². The predicted molar refractivity (Wildman–Crippen MR) is 239 cm³/mol. The van der Waals surface area contributed by atoms with Gasteiger partial charge in [0.25, 0.3) is 0 Å². The highest BCUT2D eigenvalue weighted by atomic mass is 79.9. The van der Waals surface area contributed by atoms with Gasteiger partial charge in [0.05, 0.1) is 6.61 Å². The predicted octanol–water partition coefficient (Wildman–Crippen LogP) is 10.0. The van der Waals surface area contributed by atoms with Gasteiger partial charge >= 0.3 is 12.1 Å². The van der Waals surface area contributed by atoms with E-state index in [-0.39, 0.29) is 55.4 Å². The van der Waals surface area contributed by atoms with Crippen LogP contribution in [-0.2, 0) is 38.6 Å². The molecule has 2 amide bonds. The number of alkyl carbamates (subject to hydrolysis) is 1. The number of hydrogen-bond acceptors (Lipinski definition) is 7.